The van der Waals surface area contributed by atoms with Crippen molar-refractivity contribution in [2.75, 3.05) is 5.32 Å². The van der Waals surface area contributed by atoms with E-state index in [9.17, 15) is 0 Å². The minimum atomic E-state index is 0.176. The zero-order valence-corrected chi connectivity index (χ0v) is 16.8. The number of anilines is 1. The van der Waals surface area contributed by atoms with Gasteiger partial charge in [-0.3, -0.25) is 0 Å². The molecule has 1 aliphatic heterocycles. The van der Waals surface area contributed by atoms with E-state index >= 15 is 0 Å². The van der Waals surface area contributed by atoms with Gasteiger partial charge in [0.1, 0.15) is 0 Å². The fourth-order valence-corrected chi connectivity index (χ4v) is 4.46. The van der Waals surface area contributed by atoms with Crippen molar-refractivity contribution in [2.45, 2.75) is 18.5 Å². The molecule has 0 amide bonds. The Bertz CT molecular complexity index is 1120. The average Bonchev–Trinajstić information content (AvgIpc) is 3.06. The summed E-state index contributed by atoms with van der Waals surface area (Å²) >= 11 is 9.71. The van der Waals surface area contributed by atoms with Gasteiger partial charge in [0.25, 0.3) is 0 Å². The van der Waals surface area contributed by atoms with E-state index in [0.29, 0.717) is 0 Å². The van der Waals surface area contributed by atoms with Gasteiger partial charge < -0.3 is 9.88 Å². The molecule has 2 atom stereocenters. The molecular formula is C22H17BrClN3. The Kier molecular flexibility index (Phi) is 4.18. The lowest BCUT2D eigenvalue weighted by molar-refractivity contribution is 0.477. The maximum absolute atomic E-state index is 6.08. The number of rotatable bonds is 2. The summed E-state index contributed by atoms with van der Waals surface area (Å²) in [6, 6.07) is 25.3. The fraction of sp³-hybridized carbons (Fsp3) is 0.136. The van der Waals surface area contributed by atoms with E-state index < -0.39 is 0 Å². The maximum Gasteiger partial charge on any atom is 0.204 e. The standard InChI is InChI=1S/C22H17BrClN3/c23-16-5-3-4-15(12-16)21-13-19(14-8-10-17(24)11-9-14)26-22-25-18-6-1-2-7-20(18)27(21)22/h1-12,19,21H,13H2,(H,25,26)/t19-,21-/m0/s1. The molecule has 5 rings (SSSR count). The Hall–Kier alpha value is -2.30. The molecule has 0 fully saturated rings. The Morgan fingerprint density at radius 1 is 0.963 bits per heavy atom. The van der Waals surface area contributed by atoms with Gasteiger partial charge in [-0.05, 0) is 53.9 Å². The van der Waals surface area contributed by atoms with Gasteiger partial charge in [0.15, 0.2) is 0 Å². The summed E-state index contributed by atoms with van der Waals surface area (Å²) in [5, 5.41) is 4.39. The lowest BCUT2D eigenvalue weighted by Gasteiger charge is -2.33. The first kappa shape index (κ1) is 16.8. The lowest BCUT2D eigenvalue weighted by atomic mass is 9.93. The van der Waals surface area contributed by atoms with Gasteiger partial charge in [-0.25, -0.2) is 4.98 Å². The van der Waals surface area contributed by atoms with Gasteiger partial charge in [0.2, 0.25) is 5.95 Å². The van der Waals surface area contributed by atoms with Crippen molar-refractivity contribution in [2.24, 2.45) is 0 Å². The molecule has 4 aromatic rings. The van der Waals surface area contributed by atoms with Crippen molar-refractivity contribution in [3.05, 3.63) is 93.4 Å². The van der Waals surface area contributed by atoms with Crippen LogP contribution in [0.3, 0.4) is 0 Å². The minimum absolute atomic E-state index is 0.176. The van der Waals surface area contributed by atoms with E-state index in [2.05, 4.69) is 80.4 Å². The highest BCUT2D eigenvalue weighted by Gasteiger charge is 2.31. The first-order valence-electron chi connectivity index (χ1n) is 8.93. The highest BCUT2D eigenvalue weighted by atomic mass is 79.9. The summed E-state index contributed by atoms with van der Waals surface area (Å²) in [5.74, 6) is 0.910. The molecule has 0 radical (unpaired) electrons. The highest BCUT2D eigenvalue weighted by Crippen LogP contribution is 2.41. The molecule has 3 aromatic carbocycles. The third kappa shape index (κ3) is 3.03. The zero-order chi connectivity index (χ0) is 18.4. The molecule has 0 unspecified atom stereocenters. The third-order valence-corrected chi connectivity index (χ3v) is 5.92. The molecule has 0 spiro atoms. The van der Waals surface area contributed by atoms with Crippen molar-refractivity contribution >= 4 is 44.5 Å². The molecular weight excluding hydrogens is 422 g/mol. The van der Waals surface area contributed by atoms with Crippen molar-refractivity contribution in [1.82, 2.24) is 9.55 Å². The molecule has 0 saturated carbocycles. The molecule has 1 N–H and O–H groups in total. The second-order valence-electron chi connectivity index (χ2n) is 6.85. The predicted octanol–water partition coefficient (Wildman–Crippen LogP) is 6.60. The normalized spacial score (nSPS) is 18.9. The number of benzene rings is 3. The number of para-hydroxylation sites is 2. The number of hydrogen-bond donors (Lipinski definition) is 1. The van der Waals surface area contributed by atoms with Gasteiger partial charge >= 0.3 is 0 Å². The number of fused-ring (bicyclic) bond motifs is 3. The first-order chi connectivity index (χ1) is 13.2. The van der Waals surface area contributed by atoms with Gasteiger partial charge in [0.05, 0.1) is 23.1 Å². The number of halogens is 2. The van der Waals surface area contributed by atoms with Crippen LogP contribution in [0.2, 0.25) is 5.02 Å². The average molecular weight is 439 g/mol. The topological polar surface area (TPSA) is 29.9 Å². The van der Waals surface area contributed by atoms with Crippen LogP contribution in [-0.4, -0.2) is 9.55 Å². The number of imidazole rings is 1. The molecule has 3 nitrogen and oxygen atoms in total. The van der Waals surface area contributed by atoms with Crippen LogP contribution in [0.1, 0.15) is 29.6 Å². The van der Waals surface area contributed by atoms with Crippen LogP contribution < -0.4 is 5.32 Å². The van der Waals surface area contributed by atoms with Crippen molar-refractivity contribution in [3.63, 3.8) is 0 Å². The molecule has 5 heteroatoms. The predicted molar refractivity (Wildman–Crippen MR) is 114 cm³/mol. The minimum Gasteiger partial charge on any atom is -0.349 e. The molecule has 1 aromatic heterocycles. The Morgan fingerprint density at radius 3 is 2.59 bits per heavy atom. The van der Waals surface area contributed by atoms with Crippen molar-refractivity contribution < 1.29 is 0 Å². The van der Waals surface area contributed by atoms with Crippen LogP contribution in [0.4, 0.5) is 5.95 Å². The summed E-state index contributed by atoms with van der Waals surface area (Å²) < 4.78 is 3.41. The van der Waals surface area contributed by atoms with Gasteiger partial charge in [0, 0.05) is 9.50 Å². The fourth-order valence-electron chi connectivity index (χ4n) is 3.92. The van der Waals surface area contributed by atoms with Crippen LogP contribution in [0.5, 0.6) is 0 Å². The maximum atomic E-state index is 6.08. The van der Waals surface area contributed by atoms with E-state index in [1.807, 2.05) is 18.2 Å². The Morgan fingerprint density at radius 2 is 1.78 bits per heavy atom. The molecule has 0 bridgehead atoms. The third-order valence-electron chi connectivity index (χ3n) is 5.18. The van der Waals surface area contributed by atoms with Crippen molar-refractivity contribution in [1.29, 1.82) is 0 Å². The van der Waals surface area contributed by atoms with Crippen LogP contribution in [0.25, 0.3) is 11.0 Å². The first-order valence-corrected chi connectivity index (χ1v) is 10.1. The van der Waals surface area contributed by atoms with E-state index in [1.54, 1.807) is 0 Å². The largest absolute Gasteiger partial charge is 0.349 e. The van der Waals surface area contributed by atoms with Crippen molar-refractivity contribution in [3.8, 4) is 0 Å². The molecule has 134 valence electrons. The molecule has 27 heavy (non-hydrogen) atoms. The summed E-state index contributed by atoms with van der Waals surface area (Å²) in [6.07, 6.45) is 0.936. The zero-order valence-electron chi connectivity index (χ0n) is 14.4. The summed E-state index contributed by atoms with van der Waals surface area (Å²) in [6.45, 7) is 0. The SMILES string of the molecule is Clc1ccc([C@@H]2C[C@@H](c3cccc(Br)c3)n3c(nc4ccccc43)N2)cc1. The second-order valence-corrected chi connectivity index (χ2v) is 8.20. The number of nitrogens with one attached hydrogen (secondary N) is 1. The Balaban J connectivity index is 1.67. The summed E-state index contributed by atoms with van der Waals surface area (Å²) in [5.41, 5.74) is 4.66. The lowest BCUT2D eigenvalue weighted by Crippen LogP contribution is -2.27. The molecule has 2 heterocycles. The van der Waals surface area contributed by atoms with Gasteiger partial charge in [-0.2, -0.15) is 0 Å². The molecule has 0 saturated heterocycles. The van der Waals surface area contributed by atoms with Crippen LogP contribution in [0, 0.1) is 0 Å². The van der Waals surface area contributed by atoms with E-state index in [1.165, 1.54) is 11.1 Å². The van der Waals surface area contributed by atoms with E-state index in [0.717, 1.165) is 32.9 Å². The number of hydrogen-bond acceptors (Lipinski definition) is 2. The molecule has 1 aliphatic rings. The van der Waals surface area contributed by atoms with Gasteiger partial charge in [-0.1, -0.05) is 63.9 Å². The van der Waals surface area contributed by atoms with Crippen LogP contribution in [-0.2, 0) is 0 Å². The second kappa shape index (κ2) is 6.70. The number of aromatic nitrogens is 2. The Labute approximate surface area is 171 Å². The van der Waals surface area contributed by atoms with E-state index in [4.69, 9.17) is 16.6 Å². The quantitative estimate of drug-likeness (QED) is 0.382. The van der Waals surface area contributed by atoms with Crippen LogP contribution in [0.15, 0.2) is 77.3 Å². The summed E-state index contributed by atoms with van der Waals surface area (Å²) in [4.78, 5) is 4.86. The van der Waals surface area contributed by atoms with Crippen LogP contribution >= 0.6 is 27.5 Å². The smallest absolute Gasteiger partial charge is 0.204 e. The number of nitrogens with zero attached hydrogens (tertiary/aromatic N) is 2. The van der Waals surface area contributed by atoms with E-state index in [-0.39, 0.29) is 12.1 Å². The summed E-state index contributed by atoms with van der Waals surface area (Å²) in [7, 11) is 0. The highest BCUT2D eigenvalue weighted by molar-refractivity contribution is 9.10. The monoisotopic (exact) mass is 437 g/mol. The van der Waals surface area contributed by atoms with Gasteiger partial charge in [-0.15, -0.1) is 0 Å². The molecule has 0 aliphatic carbocycles.